The van der Waals surface area contributed by atoms with Gasteiger partial charge in [0.05, 0.1) is 6.26 Å². The van der Waals surface area contributed by atoms with E-state index in [1.54, 1.807) is 0 Å². The molecule has 0 atom stereocenters. The van der Waals surface area contributed by atoms with Crippen molar-refractivity contribution in [3.8, 4) is 0 Å². The van der Waals surface area contributed by atoms with Gasteiger partial charge in [-0.2, -0.15) is 0 Å². The molecule has 0 spiro atoms. The molecule has 0 fully saturated rings. The molecule has 0 amide bonds. The average molecular weight is 252 g/mol. The molecule has 18 heavy (non-hydrogen) atoms. The highest BCUT2D eigenvalue weighted by Crippen LogP contribution is 2.10. The van der Waals surface area contributed by atoms with Crippen LogP contribution in [0.15, 0.2) is 25.0 Å². The predicted molar refractivity (Wildman–Crippen MR) is 77.3 cm³/mol. The van der Waals surface area contributed by atoms with Crippen LogP contribution < -0.4 is 0 Å². The van der Waals surface area contributed by atoms with Crippen LogP contribution in [0.2, 0.25) is 0 Å². The van der Waals surface area contributed by atoms with Crippen LogP contribution in [0.25, 0.3) is 0 Å². The van der Waals surface area contributed by atoms with E-state index in [4.69, 9.17) is 4.74 Å². The molecule has 0 aliphatic carbocycles. The number of unbranched alkanes of at least 4 members (excludes halogenated alkanes) is 9. The Morgan fingerprint density at radius 2 is 1.56 bits per heavy atom. The molecule has 0 unspecified atom stereocenters. The van der Waals surface area contributed by atoms with Gasteiger partial charge in [-0.1, -0.05) is 64.9 Å². The van der Waals surface area contributed by atoms with Crippen molar-refractivity contribution in [2.45, 2.75) is 71.1 Å². The van der Waals surface area contributed by atoms with Crippen molar-refractivity contribution in [2.24, 2.45) is 0 Å². The minimum absolute atomic E-state index is 0.390. The lowest BCUT2D eigenvalue weighted by Crippen LogP contribution is -1.91. The van der Waals surface area contributed by atoms with Gasteiger partial charge >= 0.3 is 5.97 Å². The number of esters is 1. The quantitative estimate of drug-likeness (QED) is 0.208. The topological polar surface area (TPSA) is 26.3 Å². The van der Waals surface area contributed by atoms with Gasteiger partial charge in [-0.15, -0.1) is 0 Å². The van der Waals surface area contributed by atoms with E-state index in [0.29, 0.717) is 0 Å². The summed E-state index contributed by atoms with van der Waals surface area (Å²) >= 11 is 0. The molecule has 0 aliphatic rings. The third-order valence-electron chi connectivity index (χ3n) is 2.92. The van der Waals surface area contributed by atoms with E-state index in [9.17, 15) is 4.79 Å². The Hall–Kier alpha value is -1.05. The molecule has 0 aromatic heterocycles. The molecule has 0 aromatic carbocycles. The molecule has 0 aromatic rings. The Bertz CT molecular complexity index is 231. The maximum Gasteiger partial charge on any atom is 0.334 e. The van der Waals surface area contributed by atoms with Gasteiger partial charge in [-0.05, 0) is 18.9 Å². The molecule has 0 N–H and O–H groups in total. The van der Waals surface area contributed by atoms with Crippen molar-refractivity contribution in [2.75, 3.05) is 0 Å². The van der Waals surface area contributed by atoms with Gasteiger partial charge in [0.25, 0.3) is 0 Å². The Morgan fingerprint density at radius 1 is 1.00 bits per heavy atom. The fraction of sp³-hybridized carbons (Fsp3) is 0.688. The minimum atomic E-state index is -0.390. The van der Waals surface area contributed by atoms with E-state index in [0.717, 1.165) is 6.42 Å². The summed E-state index contributed by atoms with van der Waals surface area (Å²) in [7, 11) is 0. The Balaban J connectivity index is 3.11. The third-order valence-corrected chi connectivity index (χ3v) is 2.92. The second kappa shape index (κ2) is 14.0. The molecule has 0 aliphatic heterocycles. The molecular formula is C16H28O2. The number of hydrogen-bond donors (Lipinski definition) is 0. The molecule has 0 saturated heterocycles. The average Bonchev–Trinajstić information content (AvgIpc) is 2.39. The van der Waals surface area contributed by atoms with Crippen LogP contribution in [0.3, 0.4) is 0 Å². The summed E-state index contributed by atoms with van der Waals surface area (Å²) in [5, 5.41) is 0. The second-order valence-corrected chi connectivity index (χ2v) is 4.63. The van der Waals surface area contributed by atoms with E-state index in [1.807, 2.05) is 6.08 Å². The van der Waals surface area contributed by atoms with Gasteiger partial charge in [0, 0.05) is 6.08 Å². The number of allylic oxidation sites excluding steroid dienone is 1. The van der Waals surface area contributed by atoms with Crippen molar-refractivity contribution in [1.82, 2.24) is 0 Å². The fourth-order valence-electron chi connectivity index (χ4n) is 1.80. The first-order valence-electron chi connectivity index (χ1n) is 7.29. The first kappa shape index (κ1) is 16.9. The highest BCUT2D eigenvalue weighted by Gasteiger charge is 1.92. The maximum atomic E-state index is 10.7. The Morgan fingerprint density at radius 3 is 2.11 bits per heavy atom. The zero-order chi connectivity index (χ0) is 13.5. The van der Waals surface area contributed by atoms with Crippen molar-refractivity contribution in [3.05, 3.63) is 25.0 Å². The Labute approximate surface area is 112 Å². The standard InChI is InChI=1S/C16H28O2/c1-3-5-6-7-8-9-10-11-12-13-14-15-18-16(17)4-2/h4,14-15H,2-3,5-13H2,1H3. The molecule has 0 saturated carbocycles. The summed E-state index contributed by atoms with van der Waals surface area (Å²) in [6.07, 6.45) is 17.5. The normalized spacial score (nSPS) is 10.7. The van der Waals surface area contributed by atoms with Crippen molar-refractivity contribution >= 4 is 5.97 Å². The van der Waals surface area contributed by atoms with E-state index in [1.165, 1.54) is 70.1 Å². The van der Waals surface area contributed by atoms with Crippen LogP contribution >= 0.6 is 0 Å². The van der Waals surface area contributed by atoms with E-state index in [-0.39, 0.29) is 0 Å². The predicted octanol–water partition coefficient (Wildman–Crippen LogP) is 5.15. The van der Waals surface area contributed by atoms with E-state index < -0.39 is 5.97 Å². The van der Waals surface area contributed by atoms with Gasteiger partial charge < -0.3 is 4.74 Å². The summed E-state index contributed by atoms with van der Waals surface area (Å²) in [5.74, 6) is -0.390. The largest absolute Gasteiger partial charge is 0.432 e. The first-order chi connectivity index (χ1) is 8.81. The minimum Gasteiger partial charge on any atom is -0.432 e. The summed E-state index contributed by atoms with van der Waals surface area (Å²) in [6, 6.07) is 0. The molecule has 2 heteroatoms. The van der Waals surface area contributed by atoms with Crippen LogP contribution in [0, 0.1) is 0 Å². The van der Waals surface area contributed by atoms with Crippen LogP contribution in [-0.2, 0) is 9.53 Å². The second-order valence-electron chi connectivity index (χ2n) is 4.63. The number of carbonyl (C=O) groups excluding carboxylic acids is 1. The summed E-state index contributed by atoms with van der Waals surface area (Å²) in [6.45, 7) is 5.58. The maximum absolute atomic E-state index is 10.7. The van der Waals surface area contributed by atoms with Crippen molar-refractivity contribution in [3.63, 3.8) is 0 Å². The van der Waals surface area contributed by atoms with Crippen molar-refractivity contribution in [1.29, 1.82) is 0 Å². The SMILES string of the molecule is C=CC(=O)OC=CCCCCCCCCCCC. The summed E-state index contributed by atoms with van der Waals surface area (Å²) < 4.78 is 4.74. The molecule has 104 valence electrons. The number of rotatable bonds is 12. The van der Waals surface area contributed by atoms with E-state index >= 15 is 0 Å². The summed E-state index contributed by atoms with van der Waals surface area (Å²) in [5.41, 5.74) is 0. The van der Waals surface area contributed by atoms with Crippen LogP contribution in [-0.4, -0.2) is 5.97 Å². The fourth-order valence-corrected chi connectivity index (χ4v) is 1.80. The van der Waals surface area contributed by atoms with Crippen LogP contribution in [0.5, 0.6) is 0 Å². The highest BCUT2D eigenvalue weighted by molar-refractivity contribution is 5.81. The van der Waals surface area contributed by atoms with Gasteiger partial charge in [0.15, 0.2) is 0 Å². The molecule has 0 heterocycles. The zero-order valence-electron chi connectivity index (χ0n) is 11.8. The lowest BCUT2D eigenvalue weighted by molar-refractivity contribution is -0.132. The molecule has 2 nitrogen and oxygen atoms in total. The number of hydrogen-bond acceptors (Lipinski definition) is 2. The number of carbonyl (C=O) groups is 1. The molecule has 0 radical (unpaired) electrons. The van der Waals surface area contributed by atoms with Crippen molar-refractivity contribution < 1.29 is 9.53 Å². The molecule has 0 rings (SSSR count). The lowest BCUT2D eigenvalue weighted by Gasteiger charge is -2.00. The molecule has 0 bridgehead atoms. The monoisotopic (exact) mass is 252 g/mol. The lowest BCUT2D eigenvalue weighted by atomic mass is 10.1. The summed E-state index contributed by atoms with van der Waals surface area (Å²) in [4.78, 5) is 10.7. The Kier molecular flexibility index (Phi) is 13.2. The number of ether oxygens (including phenoxy) is 1. The first-order valence-corrected chi connectivity index (χ1v) is 7.29. The van der Waals surface area contributed by atoms with Gasteiger partial charge in [-0.3, -0.25) is 0 Å². The third kappa shape index (κ3) is 13.0. The smallest absolute Gasteiger partial charge is 0.334 e. The van der Waals surface area contributed by atoms with E-state index in [2.05, 4.69) is 13.5 Å². The van der Waals surface area contributed by atoms with Gasteiger partial charge in [0.2, 0.25) is 0 Å². The molecular weight excluding hydrogens is 224 g/mol. The highest BCUT2D eigenvalue weighted by atomic mass is 16.5. The van der Waals surface area contributed by atoms with Gasteiger partial charge in [-0.25, -0.2) is 4.79 Å². The van der Waals surface area contributed by atoms with Crippen LogP contribution in [0.1, 0.15) is 71.1 Å². The zero-order valence-corrected chi connectivity index (χ0v) is 11.8. The van der Waals surface area contributed by atoms with Crippen LogP contribution in [0.4, 0.5) is 0 Å². The van der Waals surface area contributed by atoms with Gasteiger partial charge in [0.1, 0.15) is 0 Å².